The number of benzene rings is 2. The number of hydrogen-bond donors (Lipinski definition) is 1. The Hall–Kier alpha value is -3.19. The molecule has 0 saturated carbocycles. The lowest BCUT2D eigenvalue weighted by molar-refractivity contribution is -0.120. The van der Waals surface area contributed by atoms with Crippen molar-refractivity contribution in [3.63, 3.8) is 0 Å². The summed E-state index contributed by atoms with van der Waals surface area (Å²) in [6, 6.07) is 14.2. The van der Waals surface area contributed by atoms with E-state index < -0.39 is 0 Å². The maximum absolute atomic E-state index is 12.6. The average molecular weight is 395 g/mol. The number of carbonyl (C=O) groups excluding carboxylic acids is 3. The lowest BCUT2D eigenvalue weighted by Gasteiger charge is -2.33. The van der Waals surface area contributed by atoms with Crippen LogP contribution in [0.3, 0.4) is 0 Å². The average Bonchev–Trinajstić information content (AvgIpc) is 2.73. The molecule has 1 aliphatic heterocycles. The van der Waals surface area contributed by atoms with Crippen LogP contribution < -0.4 is 15.1 Å². The number of anilines is 3. The highest BCUT2D eigenvalue weighted by Crippen LogP contribution is 2.30. The predicted molar refractivity (Wildman–Crippen MR) is 113 cm³/mol. The van der Waals surface area contributed by atoms with Crippen molar-refractivity contribution in [3.05, 3.63) is 54.1 Å². The van der Waals surface area contributed by atoms with Gasteiger partial charge in [0.25, 0.3) is 0 Å². The molecule has 2 amide bonds. The van der Waals surface area contributed by atoms with Gasteiger partial charge in [-0.2, -0.15) is 0 Å². The predicted octanol–water partition coefficient (Wildman–Crippen LogP) is 2.72. The van der Waals surface area contributed by atoms with E-state index in [-0.39, 0.29) is 24.1 Å². The number of morpholine rings is 1. The van der Waals surface area contributed by atoms with E-state index in [1.54, 1.807) is 24.3 Å². The minimum Gasteiger partial charge on any atom is -0.378 e. The van der Waals surface area contributed by atoms with E-state index in [4.69, 9.17) is 4.74 Å². The SMILES string of the molecule is CC(=O)c1ccc(NC(=O)CN(C(C)=O)c2ccccc2N2CCOCC2)cc1. The molecule has 7 heteroatoms. The summed E-state index contributed by atoms with van der Waals surface area (Å²) in [6.07, 6.45) is 0. The van der Waals surface area contributed by atoms with Crippen LogP contribution in [0.5, 0.6) is 0 Å². The standard InChI is InChI=1S/C22H25N3O4/c1-16(26)18-7-9-19(10-8-18)23-22(28)15-25(17(2)27)21-6-4-3-5-20(21)24-11-13-29-14-12-24/h3-10H,11-15H2,1-2H3,(H,23,28). The summed E-state index contributed by atoms with van der Waals surface area (Å²) in [5.74, 6) is -0.564. The molecule has 1 N–H and O–H groups in total. The minimum atomic E-state index is -0.312. The van der Waals surface area contributed by atoms with E-state index in [9.17, 15) is 14.4 Å². The fourth-order valence-corrected chi connectivity index (χ4v) is 3.26. The number of ketones is 1. The van der Waals surface area contributed by atoms with E-state index in [2.05, 4.69) is 10.2 Å². The Labute approximate surface area is 170 Å². The molecule has 7 nitrogen and oxygen atoms in total. The maximum atomic E-state index is 12.6. The molecule has 0 radical (unpaired) electrons. The maximum Gasteiger partial charge on any atom is 0.244 e. The molecule has 0 aromatic heterocycles. The number of carbonyl (C=O) groups is 3. The van der Waals surface area contributed by atoms with Crippen molar-refractivity contribution < 1.29 is 19.1 Å². The zero-order valence-corrected chi connectivity index (χ0v) is 16.7. The molecule has 0 bridgehead atoms. The summed E-state index contributed by atoms with van der Waals surface area (Å²) in [6.45, 7) is 5.56. The summed E-state index contributed by atoms with van der Waals surface area (Å²) >= 11 is 0. The third kappa shape index (κ3) is 5.20. The number of rotatable bonds is 6. The molecule has 0 unspecified atom stereocenters. The smallest absolute Gasteiger partial charge is 0.244 e. The third-order valence-corrected chi connectivity index (χ3v) is 4.78. The molecule has 0 aliphatic carbocycles. The van der Waals surface area contributed by atoms with Crippen molar-refractivity contribution >= 4 is 34.7 Å². The quantitative estimate of drug-likeness (QED) is 0.761. The van der Waals surface area contributed by atoms with E-state index >= 15 is 0 Å². The third-order valence-electron chi connectivity index (χ3n) is 4.78. The second-order valence-corrected chi connectivity index (χ2v) is 6.88. The summed E-state index contributed by atoms with van der Waals surface area (Å²) in [5, 5.41) is 2.78. The number of ether oxygens (including phenoxy) is 1. The van der Waals surface area contributed by atoms with Gasteiger partial charge in [-0.1, -0.05) is 12.1 Å². The van der Waals surface area contributed by atoms with Crippen molar-refractivity contribution in [1.29, 1.82) is 0 Å². The van der Waals surface area contributed by atoms with Crippen LogP contribution in [0.15, 0.2) is 48.5 Å². The van der Waals surface area contributed by atoms with E-state index in [1.807, 2.05) is 24.3 Å². The lowest BCUT2D eigenvalue weighted by atomic mass is 10.1. The van der Waals surface area contributed by atoms with Gasteiger partial charge in [0.1, 0.15) is 6.54 Å². The summed E-state index contributed by atoms with van der Waals surface area (Å²) < 4.78 is 5.42. The second-order valence-electron chi connectivity index (χ2n) is 6.88. The van der Waals surface area contributed by atoms with Gasteiger partial charge in [0, 0.05) is 31.3 Å². The number of para-hydroxylation sites is 2. The summed E-state index contributed by atoms with van der Waals surface area (Å²) in [5.41, 5.74) is 2.76. The Morgan fingerprint density at radius 2 is 1.66 bits per heavy atom. The highest BCUT2D eigenvalue weighted by atomic mass is 16.5. The molecular formula is C22H25N3O4. The monoisotopic (exact) mass is 395 g/mol. The Morgan fingerprint density at radius 1 is 1.00 bits per heavy atom. The highest BCUT2D eigenvalue weighted by molar-refractivity contribution is 6.04. The molecule has 2 aromatic carbocycles. The molecule has 1 aliphatic rings. The van der Waals surface area contributed by atoms with Gasteiger partial charge < -0.3 is 19.9 Å². The van der Waals surface area contributed by atoms with Crippen LogP contribution in [-0.4, -0.2) is 50.4 Å². The fraction of sp³-hybridized carbons (Fsp3) is 0.318. The first-order chi connectivity index (χ1) is 14.0. The molecule has 152 valence electrons. The van der Waals surface area contributed by atoms with Crippen LogP contribution in [0.1, 0.15) is 24.2 Å². The van der Waals surface area contributed by atoms with Crippen molar-refractivity contribution in [2.45, 2.75) is 13.8 Å². The van der Waals surface area contributed by atoms with Crippen LogP contribution in [0.25, 0.3) is 0 Å². The molecule has 1 heterocycles. The van der Waals surface area contributed by atoms with E-state index in [0.29, 0.717) is 30.2 Å². The molecule has 29 heavy (non-hydrogen) atoms. The van der Waals surface area contributed by atoms with Crippen molar-refractivity contribution in [2.75, 3.05) is 48.0 Å². The Morgan fingerprint density at radius 3 is 2.28 bits per heavy atom. The van der Waals surface area contributed by atoms with E-state index in [1.165, 1.54) is 18.7 Å². The van der Waals surface area contributed by atoms with Gasteiger partial charge in [-0.25, -0.2) is 0 Å². The molecule has 2 aromatic rings. The minimum absolute atomic E-state index is 0.0367. The lowest BCUT2D eigenvalue weighted by Crippen LogP contribution is -2.40. The Kier molecular flexibility index (Phi) is 6.61. The largest absolute Gasteiger partial charge is 0.378 e. The van der Waals surface area contributed by atoms with Crippen molar-refractivity contribution in [3.8, 4) is 0 Å². The Balaban J connectivity index is 1.76. The van der Waals surface area contributed by atoms with Crippen molar-refractivity contribution in [1.82, 2.24) is 0 Å². The van der Waals surface area contributed by atoms with Gasteiger partial charge >= 0.3 is 0 Å². The summed E-state index contributed by atoms with van der Waals surface area (Å²) in [7, 11) is 0. The van der Waals surface area contributed by atoms with Crippen LogP contribution in [0.2, 0.25) is 0 Å². The van der Waals surface area contributed by atoms with Crippen LogP contribution in [-0.2, 0) is 14.3 Å². The molecule has 1 saturated heterocycles. The zero-order valence-electron chi connectivity index (χ0n) is 16.7. The Bertz CT molecular complexity index is 889. The first-order valence-electron chi connectivity index (χ1n) is 9.56. The number of nitrogens with zero attached hydrogens (tertiary/aromatic N) is 2. The highest BCUT2D eigenvalue weighted by Gasteiger charge is 2.22. The number of Topliss-reactive ketones (excluding diaryl/α,β-unsaturated/α-hetero) is 1. The van der Waals surface area contributed by atoms with Crippen LogP contribution >= 0.6 is 0 Å². The topological polar surface area (TPSA) is 79.0 Å². The zero-order chi connectivity index (χ0) is 20.8. The molecular weight excluding hydrogens is 370 g/mol. The van der Waals surface area contributed by atoms with Gasteiger partial charge in [-0.3, -0.25) is 14.4 Å². The molecule has 0 spiro atoms. The first kappa shape index (κ1) is 20.5. The van der Waals surface area contributed by atoms with E-state index in [0.717, 1.165) is 18.8 Å². The molecule has 1 fully saturated rings. The van der Waals surface area contributed by atoms with Crippen LogP contribution in [0, 0.1) is 0 Å². The van der Waals surface area contributed by atoms with Gasteiger partial charge in [-0.15, -0.1) is 0 Å². The normalized spacial score (nSPS) is 13.7. The fourth-order valence-electron chi connectivity index (χ4n) is 3.26. The second kappa shape index (κ2) is 9.34. The van der Waals surface area contributed by atoms with Gasteiger partial charge in [0.2, 0.25) is 11.8 Å². The van der Waals surface area contributed by atoms with Gasteiger partial charge in [0.15, 0.2) is 5.78 Å². The summed E-state index contributed by atoms with van der Waals surface area (Å²) in [4.78, 5) is 40.0. The number of nitrogens with one attached hydrogen (secondary N) is 1. The van der Waals surface area contributed by atoms with Gasteiger partial charge in [-0.05, 0) is 43.3 Å². The molecule has 0 atom stereocenters. The van der Waals surface area contributed by atoms with Crippen LogP contribution in [0.4, 0.5) is 17.1 Å². The first-order valence-corrected chi connectivity index (χ1v) is 9.56. The molecule has 3 rings (SSSR count). The van der Waals surface area contributed by atoms with Crippen molar-refractivity contribution in [2.24, 2.45) is 0 Å². The number of hydrogen-bond acceptors (Lipinski definition) is 5. The van der Waals surface area contributed by atoms with Gasteiger partial charge in [0.05, 0.1) is 24.6 Å². The number of amides is 2.